The third-order valence-electron chi connectivity index (χ3n) is 5.73. The highest BCUT2D eigenvalue weighted by molar-refractivity contribution is 6.30. The van der Waals surface area contributed by atoms with Crippen molar-refractivity contribution in [1.29, 1.82) is 0 Å². The van der Waals surface area contributed by atoms with Gasteiger partial charge in [0.05, 0.1) is 5.70 Å². The Labute approximate surface area is 186 Å². The third-order valence-corrected chi connectivity index (χ3v) is 5.96. The first-order valence-electron chi connectivity index (χ1n) is 9.97. The van der Waals surface area contributed by atoms with E-state index in [0.717, 1.165) is 5.56 Å². The highest BCUT2D eigenvalue weighted by Gasteiger charge is 2.41. The number of hydrogen-bond acceptors (Lipinski definition) is 4. The molecule has 4 aromatic rings. The van der Waals surface area contributed by atoms with Gasteiger partial charge in [0.2, 0.25) is 5.95 Å². The lowest BCUT2D eigenvalue weighted by atomic mass is 9.84. The topological polar surface area (TPSA) is 52.0 Å². The second-order valence-electron chi connectivity index (χ2n) is 7.60. The number of nitrogens with one attached hydrogen (secondary N) is 1. The predicted octanol–water partition coefficient (Wildman–Crippen LogP) is 5.77. The number of benzene rings is 3. The maximum absolute atomic E-state index is 15.1. The minimum Gasteiger partial charge on any atom is -0.480 e. The second-order valence-corrected chi connectivity index (χ2v) is 8.04. The smallest absolute Gasteiger partial charge is 0.226 e. The van der Waals surface area contributed by atoms with Crippen LogP contribution < -0.4 is 10.1 Å². The van der Waals surface area contributed by atoms with E-state index in [4.69, 9.17) is 16.3 Å². The summed E-state index contributed by atoms with van der Waals surface area (Å²) in [6.07, 6.45) is 0.717. The largest absolute Gasteiger partial charge is 0.480 e. The minimum absolute atomic E-state index is 0.386. The minimum atomic E-state index is -0.691. The molecule has 1 N–H and O–H groups in total. The summed E-state index contributed by atoms with van der Waals surface area (Å²) in [7, 11) is 0. The summed E-state index contributed by atoms with van der Waals surface area (Å²) >= 11 is 6.29. The van der Waals surface area contributed by atoms with Crippen molar-refractivity contribution in [2.45, 2.75) is 12.1 Å². The molecule has 158 valence electrons. The van der Waals surface area contributed by atoms with Crippen molar-refractivity contribution in [2.75, 3.05) is 5.32 Å². The summed E-state index contributed by atoms with van der Waals surface area (Å²) in [5, 5.41) is 8.19. The Morgan fingerprint density at radius 3 is 2.72 bits per heavy atom. The molecular formula is C24H15ClF2N4O. The van der Waals surface area contributed by atoms with Gasteiger partial charge in [-0.05, 0) is 42.0 Å². The molecule has 0 fully saturated rings. The zero-order valence-corrected chi connectivity index (χ0v) is 17.2. The monoisotopic (exact) mass is 448 g/mol. The van der Waals surface area contributed by atoms with Crippen molar-refractivity contribution in [3.63, 3.8) is 0 Å². The summed E-state index contributed by atoms with van der Waals surface area (Å²) < 4.78 is 37.2. The zero-order chi connectivity index (χ0) is 21.8. The summed E-state index contributed by atoms with van der Waals surface area (Å²) in [6.45, 7) is 0. The zero-order valence-electron chi connectivity index (χ0n) is 16.5. The van der Waals surface area contributed by atoms with E-state index in [0.29, 0.717) is 39.1 Å². The Morgan fingerprint density at radius 2 is 1.88 bits per heavy atom. The first-order valence-corrected chi connectivity index (χ1v) is 10.3. The molecule has 2 atom stereocenters. The van der Waals surface area contributed by atoms with Crippen molar-refractivity contribution < 1.29 is 13.5 Å². The molecule has 32 heavy (non-hydrogen) atoms. The maximum atomic E-state index is 15.1. The van der Waals surface area contributed by atoms with Gasteiger partial charge in [0.1, 0.15) is 35.9 Å². The van der Waals surface area contributed by atoms with E-state index < -0.39 is 12.1 Å². The van der Waals surface area contributed by atoms with Crippen LogP contribution in [0.25, 0.3) is 5.70 Å². The molecule has 6 rings (SSSR count). The molecule has 0 radical (unpaired) electrons. The molecule has 3 aromatic carbocycles. The maximum Gasteiger partial charge on any atom is 0.226 e. The van der Waals surface area contributed by atoms with Gasteiger partial charge in [0, 0.05) is 21.7 Å². The van der Waals surface area contributed by atoms with Crippen LogP contribution in [0.1, 0.15) is 28.8 Å². The van der Waals surface area contributed by atoms with Crippen molar-refractivity contribution in [2.24, 2.45) is 0 Å². The SMILES string of the molecule is Fc1cccc(C2Oc3ccc(Cl)cc3C3=C2C(c2ccccc2F)n2ncnc2N3)c1. The van der Waals surface area contributed by atoms with E-state index in [9.17, 15) is 4.39 Å². The van der Waals surface area contributed by atoms with Crippen molar-refractivity contribution in [3.05, 3.63) is 112 Å². The molecule has 2 aliphatic rings. The second kappa shape index (κ2) is 7.17. The lowest BCUT2D eigenvalue weighted by Crippen LogP contribution is -2.32. The van der Waals surface area contributed by atoms with Gasteiger partial charge in [-0.1, -0.05) is 41.9 Å². The van der Waals surface area contributed by atoms with Crippen LogP contribution in [0.4, 0.5) is 14.7 Å². The van der Waals surface area contributed by atoms with Gasteiger partial charge in [-0.3, -0.25) is 0 Å². The number of anilines is 1. The molecular weight excluding hydrogens is 434 g/mol. The highest BCUT2D eigenvalue weighted by atomic mass is 35.5. The number of halogens is 3. The van der Waals surface area contributed by atoms with Crippen LogP contribution in [-0.4, -0.2) is 14.8 Å². The number of nitrogens with zero attached hydrogens (tertiary/aromatic N) is 3. The van der Waals surface area contributed by atoms with Gasteiger partial charge in [0.25, 0.3) is 0 Å². The van der Waals surface area contributed by atoms with Crippen molar-refractivity contribution in [1.82, 2.24) is 14.8 Å². The molecule has 1 aromatic heterocycles. The Morgan fingerprint density at radius 1 is 1.00 bits per heavy atom. The molecule has 0 saturated carbocycles. The Bertz CT molecular complexity index is 1400. The molecule has 0 saturated heterocycles. The molecule has 0 aliphatic carbocycles. The predicted molar refractivity (Wildman–Crippen MR) is 116 cm³/mol. The van der Waals surface area contributed by atoms with Gasteiger partial charge < -0.3 is 10.1 Å². The van der Waals surface area contributed by atoms with E-state index in [-0.39, 0.29) is 11.6 Å². The van der Waals surface area contributed by atoms with E-state index >= 15 is 4.39 Å². The fourth-order valence-electron chi connectivity index (χ4n) is 4.38. The Balaban J connectivity index is 1.67. The van der Waals surface area contributed by atoms with Gasteiger partial charge in [0.15, 0.2) is 0 Å². The fourth-order valence-corrected chi connectivity index (χ4v) is 4.55. The number of hydrogen-bond donors (Lipinski definition) is 1. The lowest BCUT2D eigenvalue weighted by molar-refractivity contribution is 0.222. The third kappa shape index (κ3) is 2.89. The van der Waals surface area contributed by atoms with Gasteiger partial charge in [-0.15, -0.1) is 0 Å². The van der Waals surface area contributed by atoms with Gasteiger partial charge in [-0.25, -0.2) is 13.5 Å². The van der Waals surface area contributed by atoms with Crippen molar-refractivity contribution >= 4 is 23.2 Å². The van der Waals surface area contributed by atoms with Crippen LogP contribution in [0.2, 0.25) is 5.02 Å². The van der Waals surface area contributed by atoms with E-state index in [1.165, 1.54) is 24.5 Å². The first-order chi connectivity index (χ1) is 15.6. The molecule has 2 aliphatic heterocycles. The average molecular weight is 449 g/mol. The molecule has 0 amide bonds. The normalized spacial score (nSPS) is 18.8. The number of ether oxygens (including phenoxy) is 1. The Hall–Kier alpha value is -3.71. The summed E-state index contributed by atoms with van der Waals surface area (Å²) in [5.74, 6) is 0.267. The molecule has 0 spiro atoms. The lowest BCUT2D eigenvalue weighted by Gasteiger charge is -2.39. The first kappa shape index (κ1) is 19.0. The van der Waals surface area contributed by atoms with Crippen LogP contribution in [0.3, 0.4) is 0 Å². The average Bonchev–Trinajstić information content (AvgIpc) is 3.26. The number of aromatic nitrogens is 3. The molecule has 5 nitrogen and oxygen atoms in total. The summed E-state index contributed by atoms with van der Waals surface area (Å²) in [6, 6.07) is 17.3. The van der Waals surface area contributed by atoms with Crippen molar-refractivity contribution in [3.8, 4) is 5.75 Å². The Kier molecular flexibility index (Phi) is 4.26. The van der Waals surface area contributed by atoms with Gasteiger partial charge in [-0.2, -0.15) is 10.1 Å². The summed E-state index contributed by atoms with van der Waals surface area (Å²) in [5.41, 5.74) is 3.11. The standard InChI is InChI=1S/C24H15ClF2N4O/c25-14-8-9-19-17(11-14)21-20(23(32-19)13-4-3-5-15(26)10-13)22(16-6-1-2-7-18(16)27)31-24(30-21)28-12-29-31/h1-12,22-23H,(H,28,29,30). The van der Waals surface area contributed by atoms with E-state index in [1.54, 1.807) is 53.2 Å². The van der Waals surface area contributed by atoms with Crippen LogP contribution in [0, 0.1) is 11.6 Å². The van der Waals surface area contributed by atoms with Gasteiger partial charge >= 0.3 is 0 Å². The molecule has 8 heteroatoms. The number of rotatable bonds is 2. The highest BCUT2D eigenvalue weighted by Crippen LogP contribution is 2.51. The molecule has 0 bridgehead atoms. The van der Waals surface area contributed by atoms with Crippen LogP contribution in [0.5, 0.6) is 5.75 Å². The van der Waals surface area contributed by atoms with Crippen LogP contribution in [-0.2, 0) is 0 Å². The quantitative estimate of drug-likeness (QED) is 0.423. The van der Waals surface area contributed by atoms with E-state index in [1.807, 2.05) is 0 Å². The molecule has 2 unspecified atom stereocenters. The fraction of sp³-hybridized carbons (Fsp3) is 0.0833. The van der Waals surface area contributed by atoms with Crippen LogP contribution in [0.15, 0.2) is 78.6 Å². The van der Waals surface area contributed by atoms with Crippen LogP contribution >= 0.6 is 11.6 Å². The molecule has 3 heterocycles. The number of fused-ring (bicyclic) bond motifs is 3. The van der Waals surface area contributed by atoms with E-state index in [2.05, 4.69) is 15.4 Å². The summed E-state index contributed by atoms with van der Waals surface area (Å²) in [4.78, 5) is 4.31.